The van der Waals surface area contributed by atoms with Crippen molar-refractivity contribution in [2.24, 2.45) is 0 Å². The number of nitrogens with zero attached hydrogens (tertiary/aromatic N) is 2. The van der Waals surface area contributed by atoms with E-state index in [1.54, 1.807) is 16.9 Å². The zero-order valence-electron chi connectivity index (χ0n) is 8.74. The molecule has 1 aromatic heterocycles. The molecule has 0 fully saturated rings. The molecule has 0 unspecified atom stereocenters. The number of hydrogen-bond acceptors (Lipinski definition) is 2. The largest absolute Gasteiger partial charge is 0.398 e. The van der Waals surface area contributed by atoms with Crippen LogP contribution in [0.5, 0.6) is 0 Å². The highest BCUT2D eigenvalue weighted by atomic mass is 35.5. The number of hydrogen-bond donors (Lipinski definition) is 1. The number of anilines is 1. The lowest BCUT2D eigenvalue weighted by Crippen LogP contribution is -2.06. The third-order valence-electron chi connectivity index (χ3n) is 2.47. The Bertz CT molecular complexity index is 522. The molecule has 0 bridgehead atoms. The van der Waals surface area contributed by atoms with Gasteiger partial charge in [-0.15, -0.1) is 0 Å². The Morgan fingerprint density at radius 1 is 1.50 bits per heavy atom. The number of halogens is 2. The molecule has 1 heterocycles. The van der Waals surface area contributed by atoms with Crippen LogP contribution in [0.3, 0.4) is 0 Å². The fourth-order valence-corrected chi connectivity index (χ4v) is 1.60. The molecule has 2 rings (SSSR count). The first-order valence-electron chi connectivity index (χ1n) is 4.79. The smallest absolute Gasteiger partial charge is 0.123 e. The van der Waals surface area contributed by atoms with E-state index >= 15 is 0 Å². The van der Waals surface area contributed by atoms with E-state index in [1.165, 1.54) is 12.1 Å². The number of nitrogens with two attached hydrogens (primary N) is 1. The van der Waals surface area contributed by atoms with Crippen molar-refractivity contribution in [1.82, 2.24) is 9.78 Å². The van der Waals surface area contributed by atoms with Crippen LogP contribution in [0.2, 0.25) is 5.02 Å². The van der Waals surface area contributed by atoms with Crippen molar-refractivity contribution >= 4 is 17.3 Å². The molecule has 0 atom stereocenters. The lowest BCUT2D eigenvalue weighted by atomic mass is 10.2. The van der Waals surface area contributed by atoms with Crippen molar-refractivity contribution in [3.63, 3.8) is 0 Å². The van der Waals surface area contributed by atoms with Crippen molar-refractivity contribution < 1.29 is 4.39 Å². The Labute approximate surface area is 97.6 Å². The zero-order chi connectivity index (χ0) is 11.7. The minimum atomic E-state index is -0.305. The van der Waals surface area contributed by atoms with Gasteiger partial charge in [-0.05, 0) is 30.7 Å². The minimum Gasteiger partial charge on any atom is -0.398 e. The summed E-state index contributed by atoms with van der Waals surface area (Å²) in [6.45, 7) is 2.27. The highest BCUT2D eigenvalue weighted by molar-refractivity contribution is 6.31. The van der Waals surface area contributed by atoms with Gasteiger partial charge in [-0.25, -0.2) is 4.39 Å². The molecule has 2 aromatic rings. The third kappa shape index (κ3) is 2.02. The van der Waals surface area contributed by atoms with Crippen molar-refractivity contribution in [1.29, 1.82) is 0 Å². The Morgan fingerprint density at radius 3 is 2.88 bits per heavy atom. The van der Waals surface area contributed by atoms with Gasteiger partial charge >= 0.3 is 0 Å². The molecule has 0 saturated heterocycles. The van der Waals surface area contributed by atoms with Crippen LogP contribution in [-0.4, -0.2) is 9.78 Å². The Kier molecular flexibility index (Phi) is 2.83. The van der Waals surface area contributed by atoms with Gasteiger partial charge in [0.2, 0.25) is 0 Å². The summed E-state index contributed by atoms with van der Waals surface area (Å²) in [6, 6.07) is 4.29. The summed E-state index contributed by atoms with van der Waals surface area (Å²) in [5, 5.41) is 4.68. The van der Waals surface area contributed by atoms with Crippen molar-refractivity contribution in [2.45, 2.75) is 13.5 Å². The molecule has 0 aliphatic carbocycles. The predicted molar refractivity (Wildman–Crippen MR) is 61.9 cm³/mol. The van der Waals surface area contributed by atoms with Gasteiger partial charge in [-0.3, -0.25) is 4.68 Å². The molecule has 5 heteroatoms. The topological polar surface area (TPSA) is 43.8 Å². The average molecular weight is 240 g/mol. The van der Waals surface area contributed by atoms with Crippen LogP contribution < -0.4 is 5.73 Å². The van der Waals surface area contributed by atoms with Crippen LogP contribution >= 0.6 is 11.6 Å². The molecule has 0 amide bonds. The maximum absolute atomic E-state index is 13.0. The van der Waals surface area contributed by atoms with Crippen molar-refractivity contribution in [3.8, 4) is 0 Å². The maximum Gasteiger partial charge on any atom is 0.123 e. The van der Waals surface area contributed by atoms with Crippen LogP contribution in [0, 0.1) is 12.7 Å². The van der Waals surface area contributed by atoms with Crippen molar-refractivity contribution in [3.05, 3.63) is 46.5 Å². The second-order valence-electron chi connectivity index (χ2n) is 3.58. The molecule has 16 heavy (non-hydrogen) atoms. The fourth-order valence-electron chi connectivity index (χ4n) is 1.46. The minimum absolute atomic E-state index is 0.305. The summed E-state index contributed by atoms with van der Waals surface area (Å²) in [7, 11) is 0. The quantitative estimate of drug-likeness (QED) is 0.819. The molecular weight excluding hydrogens is 229 g/mol. The summed E-state index contributed by atoms with van der Waals surface area (Å²) in [5.41, 5.74) is 7.84. The van der Waals surface area contributed by atoms with Gasteiger partial charge in [-0.1, -0.05) is 11.6 Å². The number of nitrogen functional groups attached to an aromatic ring is 1. The van der Waals surface area contributed by atoms with Crippen LogP contribution in [0.25, 0.3) is 0 Å². The van der Waals surface area contributed by atoms with E-state index in [0.29, 0.717) is 22.8 Å². The molecule has 0 aliphatic heterocycles. The first kappa shape index (κ1) is 11.0. The summed E-state index contributed by atoms with van der Waals surface area (Å²) in [4.78, 5) is 0. The first-order valence-corrected chi connectivity index (χ1v) is 5.17. The molecule has 2 N–H and O–H groups in total. The van der Waals surface area contributed by atoms with Crippen molar-refractivity contribution in [2.75, 3.05) is 5.73 Å². The van der Waals surface area contributed by atoms with E-state index in [9.17, 15) is 4.39 Å². The van der Waals surface area contributed by atoms with Gasteiger partial charge in [0.25, 0.3) is 0 Å². The van der Waals surface area contributed by atoms with Crippen LogP contribution in [0.1, 0.15) is 11.3 Å². The SMILES string of the molecule is Cc1c(Cl)cnn1Cc1cc(F)ccc1N. The summed E-state index contributed by atoms with van der Waals surface area (Å²) < 4.78 is 14.7. The van der Waals surface area contributed by atoms with E-state index in [-0.39, 0.29) is 5.82 Å². The first-order chi connectivity index (χ1) is 7.58. The van der Waals surface area contributed by atoms with Gasteiger partial charge in [0.05, 0.1) is 23.5 Å². The molecular formula is C11H11ClFN3. The van der Waals surface area contributed by atoms with Gasteiger partial charge in [0.15, 0.2) is 0 Å². The lowest BCUT2D eigenvalue weighted by molar-refractivity contribution is 0.617. The second-order valence-corrected chi connectivity index (χ2v) is 3.99. The van der Waals surface area contributed by atoms with E-state index in [2.05, 4.69) is 5.10 Å². The van der Waals surface area contributed by atoms with E-state index in [4.69, 9.17) is 17.3 Å². The van der Waals surface area contributed by atoms with Gasteiger partial charge in [0.1, 0.15) is 5.82 Å². The highest BCUT2D eigenvalue weighted by Gasteiger charge is 2.07. The van der Waals surface area contributed by atoms with Gasteiger partial charge in [0, 0.05) is 5.69 Å². The van der Waals surface area contributed by atoms with Crippen LogP contribution in [0.4, 0.5) is 10.1 Å². The second kappa shape index (κ2) is 4.14. The summed E-state index contributed by atoms with van der Waals surface area (Å²) >= 11 is 5.88. The molecule has 0 aliphatic rings. The van der Waals surface area contributed by atoms with Crippen LogP contribution in [-0.2, 0) is 6.54 Å². The Balaban J connectivity index is 2.33. The number of rotatable bonds is 2. The summed E-state index contributed by atoms with van der Waals surface area (Å²) in [6.07, 6.45) is 1.56. The molecule has 84 valence electrons. The predicted octanol–water partition coefficient (Wildman–Crippen LogP) is 2.61. The van der Waals surface area contributed by atoms with E-state index in [1.807, 2.05) is 6.92 Å². The Morgan fingerprint density at radius 2 is 2.25 bits per heavy atom. The maximum atomic E-state index is 13.0. The monoisotopic (exact) mass is 239 g/mol. The molecule has 1 aromatic carbocycles. The normalized spacial score (nSPS) is 10.7. The average Bonchev–Trinajstić information content (AvgIpc) is 2.55. The molecule has 0 spiro atoms. The number of aromatic nitrogens is 2. The van der Waals surface area contributed by atoms with E-state index < -0.39 is 0 Å². The van der Waals surface area contributed by atoms with Crippen LogP contribution in [0.15, 0.2) is 24.4 Å². The van der Waals surface area contributed by atoms with Gasteiger partial charge in [-0.2, -0.15) is 5.10 Å². The van der Waals surface area contributed by atoms with E-state index in [0.717, 1.165) is 5.69 Å². The highest BCUT2D eigenvalue weighted by Crippen LogP contribution is 2.18. The molecule has 0 saturated carbocycles. The third-order valence-corrected chi connectivity index (χ3v) is 2.84. The summed E-state index contributed by atoms with van der Waals surface area (Å²) in [5.74, 6) is -0.305. The Hall–Kier alpha value is -1.55. The molecule has 0 radical (unpaired) electrons. The zero-order valence-corrected chi connectivity index (χ0v) is 9.50. The lowest BCUT2D eigenvalue weighted by Gasteiger charge is -2.07. The fraction of sp³-hybridized carbons (Fsp3) is 0.182. The molecule has 3 nitrogen and oxygen atoms in total. The number of benzene rings is 1. The standard InChI is InChI=1S/C11H11ClFN3/c1-7-10(12)5-15-16(7)6-8-4-9(13)2-3-11(8)14/h2-5H,6,14H2,1H3. The van der Waals surface area contributed by atoms with Gasteiger partial charge < -0.3 is 5.73 Å².